The number of piperidine rings is 1. The maximum Gasteiger partial charge on any atom is 0.258 e. The molecule has 1 aliphatic rings. The van der Waals surface area contributed by atoms with Crippen molar-refractivity contribution >= 4 is 11.7 Å². The quantitative estimate of drug-likeness (QED) is 0.827. The van der Waals surface area contributed by atoms with E-state index in [0.717, 1.165) is 24.5 Å². The van der Waals surface area contributed by atoms with Crippen molar-refractivity contribution in [1.29, 1.82) is 0 Å². The number of rotatable bonds is 7. The van der Waals surface area contributed by atoms with Crippen molar-refractivity contribution in [2.45, 2.75) is 25.8 Å². The van der Waals surface area contributed by atoms with Crippen LogP contribution < -0.4 is 19.7 Å². The fourth-order valence-electron chi connectivity index (χ4n) is 2.96. The van der Waals surface area contributed by atoms with Crippen molar-refractivity contribution in [3.8, 4) is 11.5 Å². The van der Waals surface area contributed by atoms with E-state index in [9.17, 15) is 4.79 Å². The summed E-state index contributed by atoms with van der Waals surface area (Å²) >= 11 is 0. The number of hydrogen-bond donors (Lipinski definition) is 1. The number of pyridine rings is 1. The van der Waals surface area contributed by atoms with Crippen LogP contribution in [0.4, 0.5) is 5.82 Å². The lowest BCUT2D eigenvalue weighted by molar-refractivity contribution is -0.123. The third-order valence-electron chi connectivity index (χ3n) is 4.41. The molecule has 0 spiro atoms. The van der Waals surface area contributed by atoms with Gasteiger partial charge in [0.05, 0.1) is 7.11 Å². The van der Waals surface area contributed by atoms with Gasteiger partial charge in [-0.2, -0.15) is 0 Å². The molecule has 1 aliphatic heterocycles. The molecule has 2 heterocycles. The number of anilines is 1. The number of para-hydroxylation sites is 2. The largest absolute Gasteiger partial charge is 0.493 e. The lowest BCUT2D eigenvalue weighted by Gasteiger charge is -2.27. The standard InChI is InChI=1S/C20H25N3O3/c1-25-17-7-3-4-8-18(17)26-15-20(24)22-14-16-9-10-19(21-13-16)23-11-5-2-6-12-23/h3-4,7-10,13H,2,5-6,11-12,14-15H2,1H3,(H,22,24). The van der Waals surface area contributed by atoms with Crippen molar-refractivity contribution in [2.75, 3.05) is 31.7 Å². The first-order valence-corrected chi connectivity index (χ1v) is 8.98. The van der Waals surface area contributed by atoms with Crippen LogP contribution in [0.1, 0.15) is 24.8 Å². The number of nitrogens with one attached hydrogen (secondary N) is 1. The van der Waals surface area contributed by atoms with Gasteiger partial charge < -0.3 is 19.7 Å². The Morgan fingerprint density at radius 3 is 2.58 bits per heavy atom. The third kappa shape index (κ3) is 4.88. The van der Waals surface area contributed by atoms with E-state index >= 15 is 0 Å². The van der Waals surface area contributed by atoms with Gasteiger partial charge in [0.15, 0.2) is 18.1 Å². The van der Waals surface area contributed by atoms with Crippen LogP contribution in [0.3, 0.4) is 0 Å². The van der Waals surface area contributed by atoms with E-state index < -0.39 is 0 Å². The van der Waals surface area contributed by atoms with E-state index in [1.54, 1.807) is 19.2 Å². The first-order valence-electron chi connectivity index (χ1n) is 8.98. The molecule has 0 unspecified atom stereocenters. The average Bonchev–Trinajstić information content (AvgIpc) is 2.72. The van der Waals surface area contributed by atoms with Gasteiger partial charge in [0, 0.05) is 25.8 Å². The topological polar surface area (TPSA) is 63.7 Å². The highest BCUT2D eigenvalue weighted by molar-refractivity contribution is 5.77. The molecule has 26 heavy (non-hydrogen) atoms. The first-order chi connectivity index (χ1) is 12.8. The minimum atomic E-state index is -0.184. The van der Waals surface area contributed by atoms with Gasteiger partial charge in [-0.05, 0) is 43.0 Å². The molecule has 1 aromatic heterocycles. The molecule has 0 aliphatic carbocycles. The summed E-state index contributed by atoms with van der Waals surface area (Å²) in [4.78, 5) is 18.8. The molecule has 3 rings (SSSR count). The zero-order valence-corrected chi connectivity index (χ0v) is 15.1. The van der Waals surface area contributed by atoms with E-state index in [1.165, 1.54) is 19.3 Å². The number of carbonyl (C=O) groups excluding carboxylic acids is 1. The Hall–Kier alpha value is -2.76. The Kier molecular flexibility index (Phi) is 6.30. The van der Waals surface area contributed by atoms with E-state index in [-0.39, 0.29) is 12.5 Å². The van der Waals surface area contributed by atoms with Crippen molar-refractivity contribution in [2.24, 2.45) is 0 Å². The normalized spacial score (nSPS) is 14.0. The fourth-order valence-corrected chi connectivity index (χ4v) is 2.96. The van der Waals surface area contributed by atoms with E-state index in [4.69, 9.17) is 9.47 Å². The lowest BCUT2D eigenvalue weighted by atomic mass is 10.1. The van der Waals surface area contributed by atoms with Crippen molar-refractivity contribution in [1.82, 2.24) is 10.3 Å². The fraction of sp³-hybridized carbons (Fsp3) is 0.400. The van der Waals surface area contributed by atoms with Crippen LogP contribution in [0.5, 0.6) is 11.5 Å². The predicted molar refractivity (Wildman–Crippen MR) is 101 cm³/mol. The van der Waals surface area contributed by atoms with Gasteiger partial charge in [0.2, 0.25) is 0 Å². The van der Waals surface area contributed by atoms with Gasteiger partial charge in [0.1, 0.15) is 5.82 Å². The molecule has 1 fully saturated rings. The van der Waals surface area contributed by atoms with Gasteiger partial charge in [0.25, 0.3) is 5.91 Å². The van der Waals surface area contributed by atoms with E-state index in [0.29, 0.717) is 18.0 Å². The third-order valence-corrected chi connectivity index (χ3v) is 4.41. The molecule has 6 nitrogen and oxygen atoms in total. The van der Waals surface area contributed by atoms with Crippen molar-refractivity contribution in [3.05, 3.63) is 48.2 Å². The summed E-state index contributed by atoms with van der Waals surface area (Å²) in [7, 11) is 1.57. The van der Waals surface area contributed by atoms with Crippen molar-refractivity contribution in [3.63, 3.8) is 0 Å². The summed E-state index contributed by atoms with van der Waals surface area (Å²) in [6, 6.07) is 11.3. The van der Waals surface area contributed by atoms with E-state index in [2.05, 4.69) is 15.2 Å². The van der Waals surface area contributed by atoms with Gasteiger partial charge in [-0.15, -0.1) is 0 Å². The van der Waals surface area contributed by atoms with Crippen LogP contribution in [-0.4, -0.2) is 37.7 Å². The van der Waals surface area contributed by atoms with Crippen LogP contribution in [0, 0.1) is 0 Å². The van der Waals surface area contributed by atoms with Crippen LogP contribution >= 0.6 is 0 Å². The van der Waals surface area contributed by atoms with Gasteiger partial charge in [-0.3, -0.25) is 4.79 Å². The summed E-state index contributed by atoms with van der Waals surface area (Å²) in [5, 5.41) is 2.85. The highest BCUT2D eigenvalue weighted by Gasteiger charge is 2.12. The molecule has 1 saturated heterocycles. The molecule has 1 N–H and O–H groups in total. The first kappa shape index (κ1) is 18.0. The number of ether oxygens (including phenoxy) is 2. The minimum Gasteiger partial charge on any atom is -0.493 e. The second kappa shape index (κ2) is 9.08. The molecule has 6 heteroatoms. The summed E-state index contributed by atoms with van der Waals surface area (Å²) in [5.74, 6) is 1.99. The second-order valence-electron chi connectivity index (χ2n) is 6.29. The maximum absolute atomic E-state index is 12.0. The Morgan fingerprint density at radius 2 is 1.88 bits per heavy atom. The molecule has 0 saturated carbocycles. The number of aromatic nitrogens is 1. The monoisotopic (exact) mass is 355 g/mol. The van der Waals surface area contributed by atoms with Crippen LogP contribution in [0.25, 0.3) is 0 Å². The summed E-state index contributed by atoms with van der Waals surface area (Å²) in [5.41, 5.74) is 0.969. The molecule has 0 radical (unpaired) electrons. The lowest BCUT2D eigenvalue weighted by Crippen LogP contribution is -2.30. The SMILES string of the molecule is COc1ccccc1OCC(=O)NCc1ccc(N2CCCCC2)nc1. The average molecular weight is 355 g/mol. The molecule has 1 aromatic carbocycles. The Bertz CT molecular complexity index is 712. The summed E-state index contributed by atoms with van der Waals surface area (Å²) in [6.07, 6.45) is 5.58. The Morgan fingerprint density at radius 1 is 1.12 bits per heavy atom. The molecule has 138 valence electrons. The Balaban J connectivity index is 1.45. The number of carbonyl (C=O) groups is 1. The summed E-state index contributed by atoms with van der Waals surface area (Å²) < 4.78 is 10.7. The molecular weight excluding hydrogens is 330 g/mol. The molecule has 0 bridgehead atoms. The number of amides is 1. The molecule has 0 atom stereocenters. The number of hydrogen-bond acceptors (Lipinski definition) is 5. The smallest absolute Gasteiger partial charge is 0.258 e. The maximum atomic E-state index is 12.0. The number of methoxy groups -OCH3 is 1. The highest BCUT2D eigenvalue weighted by Crippen LogP contribution is 2.25. The molecule has 2 aromatic rings. The zero-order valence-electron chi connectivity index (χ0n) is 15.1. The predicted octanol–water partition coefficient (Wildman–Crippen LogP) is 2.78. The second-order valence-corrected chi connectivity index (χ2v) is 6.29. The van der Waals surface area contributed by atoms with Crippen LogP contribution in [0.2, 0.25) is 0 Å². The van der Waals surface area contributed by atoms with Crippen LogP contribution in [0.15, 0.2) is 42.6 Å². The van der Waals surface area contributed by atoms with Crippen LogP contribution in [-0.2, 0) is 11.3 Å². The molecular formula is C20H25N3O3. The van der Waals surface area contributed by atoms with Crippen molar-refractivity contribution < 1.29 is 14.3 Å². The zero-order chi connectivity index (χ0) is 18.2. The highest BCUT2D eigenvalue weighted by atomic mass is 16.5. The Labute approximate surface area is 154 Å². The summed E-state index contributed by atoms with van der Waals surface area (Å²) in [6.45, 7) is 2.52. The minimum absolute atomic E-state index is 0.0559. The molecule has 1 amide bonds. The number of nitrogens with zero attached hydrogens (tertiary/aromatic N) is 2. The van der Waals surface area contributed by atoms with Gasteiger partial charge >= 0.3 is 0 Å². The van der Waals surface area contributed by atoms with E-state index in [1.807, 2.05) is 30.5 Å². The number of benzene rings is 1. The van der Waals surface area contributed by atoms with Gasteiger partial charge in [-0.25, -0.2) is 4.98 Å². The van der Waals surface area contributed by atoms with Gasteiger partial charge in [-0.1, -0.05) is 18.2 Å².